The third kappa shape index (κ3) is 4.39. The number of anilines is 2. The molecule has 0 bridgehead atoms. The minimum atomic E-state index is -0.0872. The van der Waals surface area contributed by atoms with E-state index in [1.165, 1.54) is 18.5 Å². The van der Waals surface area contributed by atoms with E-state index in [1.807, 2.05) is 43.5 Å². The summed E-state index contributed by atoms with van der Waals surface area (Å²) in [6.45, 7) is 4.96. The molecule has 0 fully saturated rings. The fraction of sp³-hybridized carbons (Fsp3) is 0.286. The number of carbonyl (C=O) groups is 1. The Balaban J connectivity index is 1.41. The molecule has 0 spiro atoms. The number of hydrogen-bond acceptors (Lipinski definition) is 10. The molecule has 0 saturated carbocycles. The van der Waals surface area contributed by atoms with Crippen LogP contribution in [0.5, 0.6) is 0 Å². The molecule has 0 saturated heterocycles. The lowest BCUT2D eigenvalue weighted by Gasteiger charge is -2.30. The minimum Gasteiger partial charge on any atom is -0.328 e. The first-order valence-corrected chi connectivity index (χ1v) is 11.8. The van der Waals surface area contributed by atoms with Gasteiger partial charge in [-0.15, -0.1) is 0 Å². The monoisotopic (exact) mass is 466 g/mol. The molecule has 0 aliphatic carbocycles. The summed E-state index contributed by atoms with van der Waals surface area (Å²) in [5, 5.41) is 12.2. The van der Waals surface area contributed by atoms with Gasteiger partial charge in [0.25, 0.3) is 0 Å². The summed E-state index contributed by atoms with van der Waals surface area (Å²) >= 11 is 2.98. The number of nitrogens with zero attached hydrogens (tertiary/aromatic N) is 5. The standard InChI is InChI=1S/C21H22N8OS2/c1-12-7-18(32-28-12)26-20-21-22-10-17(14-8-23-24-9-14)29(21)11-19(27-20)31-16-5-3-15(4-6-16)25-13(2)30/h3-8,11,14,17,24H,9-10H2,1-2H3,(H,25,30)(H,26,27). The second-order valence-electron chi connectivity index (χ2n) is 7.64. The molecule has 2 unspecified atom stereocenters. The number of fused-ring (bicyclic) bond motifs is 1. The number of amides is 1. The Bertz CT molecular complexity index is 1150. The average Bonchev–Trinajstić information content (AvgIpc) is 3.50. The number of nitrogens with one attached hydrogen (secondary N) is 3. The number of aliphatic imine (C=N–C) groups is 2. The highest BCUT2D eigenvalue weighted by atomic mass is 32.2. The van der Waals surface area contributed by atoms with Crippen LogP contribution in [-0.2, 0) is 4.79 Å². The maximum atomic E-state index is 11.3. The zero-order valence-electron chi connectivity index (χ0n) is 17.6. The van der Waals surface area contributed by atoms with Gasteiger partial charge < -0.3 is 21.0 Å². The number of hydrogen-bond donors (Lipinski definition) is 3. The Morgan fingerprint density at radius 1 is 1.31 bits per heavy atom. The van der Waals surface area contributed by atoms with Gasteiger partial charge >= 0.3 is 0 Å². The highest BCUT2D eigenvalue weighted by Gasteiger charge is 2.38. The van der Waals surface area contributed by atoms with E-state index in [0.717, 1.165) is 44.5 Å². The number of thioether (sulfide) groups is 1. The van der Waals surface area contributed by atoms with Gasteiger partial charge in [0, 0.05) is 42.4 Å². The highest BCUT2D eigenvalue weighted by Crippen LogP contribution is 2.34. The first-order valence-electron chi connectivity index (χ1n) is 10.2. The molecule has 5 rings (SSSR count). The number of benzene rings is 1. The Morgan fingerprint density at radius 3 is 2.84 bits per heavy atom. The predicted molar refractivity (Wildman–Crippen MR) is 131 cm³/mol. The van der Waals surface area contributed by atoms with Crippen molar-refractivity contribution in [2.45, 2.75) is 24.8 Å². The van der Waals surface area contributed by atoms with E-state index in [1.54, 1.807) is 11.8 Å². The molecular formula is C21H22N8OS2. The second kappa shape index (κ2) is 8.75. The lowest BCUT2D eigenvalue weighted by molar-refractivity contribution is -0.114. The molecule has 11 heteroatoms. The first-order chi connectivity index (χ1) is 15.5. The maximum absolute atomic E-state index is 11.3. The molecule has 32 heavy (non-hydrogen) atoms. The molecule has 2 aromatic rings. The van der Waals surface area contributed by atoms with E-state index in [9.17, 15) is 4.79 Å². The van der Waals surface area contributed by atoms with Gasteiger partial charge in [-0.3, -0.25) is 9.79 Å². The summed E-state index contributed by atoms with van der Waals surface area (Å²) in [5.41, 5.74) is 4.79. The fourth-order valence-corrected chi connectivity index (χ4v) is 5.19. The molecule has 3 aliphatic heterocycles. The van der Waals surface area contributed by atoms with E-state index < -0.39 is 0 Å². The summed E-state index contributed by atoms with van der Waals surface area (Å²) in [5.74, 6) is 1.75. The van der Waals surface area contributed by atoms with Crippen molar-refractivity contribution < 1.29 is 4.79 Å². The van der Waals surface area contributed by atoms with Crippen molar-refractivity contribution in [3.63, 3.8) is 0 Å². The summed E-state index contributed by atoms with van der Waals surface area (Å²) in [6.07, 6.45) is 4.04. The van der Waals surface area contributed by atoms with Gasteiger partial charge in [0.15, 0.2) is 11.7 Å². The molecule has 1 amide bonds. The smallest absolute Gasteiger partial charge is 0.221 e. The summed E-state index contributed by atoms with van der Waals surface area (Å²) in [7, 11) is 0. The van der Waals surface area contributed by atoms with Crippen LogP contribution >= 0.6 is 23.3 Å². The van der Waals surface area contributed by atoms with Crippen LogP contribution in [0.15, 0.2) is 61.5 Å². The number of aryl methyl sites for hydroxylation is 1. The van der Waals surface area contributed by atoms with Gasteiger partial charge in [-0.1, -0.05) is 11.8 Å². The lowest BCUT2D eigenvalue weighted by atomic mass is 10.0. The Labute approximate surface area is 194 Å². The molecular weight excluding hydrogens is 444 g/mol. The predicted octanol–water partition coefficient (Wildman–Crippen LogP) is 3.11. The van der Waals surface area contributed by atoms with Gasteiger partial charge in [0.1, 0.15) is 10.0 Å². The third-order valence-electron chi connectivity index (χ3n) is 5.16. The van der Waals surface area contributed by atoms with Gasteiger partial charge in [0.05, 0.1) is 18.3 Å². The number of rotatable bonds is 5. The van der Waals surface area contributed by atoms with E-state index in [2.05, 4.69) is 36.6 Å². The zero-order chi connectivity index (χ0) is 22.1. The van der Waals surface area contributed by atoms with E-state index >= 15 is 0 Å². The van der Waals surface area contributed by atoms with Gasteiger partial charge in [-0.2, -0.15) is 9.47 Å². The fourth-order valence-electron chi connectivity index (χ4n) is 3.71. The normalized spacial score (nSPS) is 21.4. The Morgan fingerprint density at radius 2 is 2.16 bits per heavy atom. The maximum Gasteiger partial charge on any atom is 0.221 e. The van der Waals surface area contributed by atoms with E-state index in [4.69, 9.17) is 9.98 Å². The van der Waals surface area contributed by atoms with Crippen molar-refractivity contribution in [3.05, 3.63) is 47.3 Å². The molecule has 4 heterocycles. The minimum absolute atomic E-state index is 0.0872. The number of amidine groups is 2. The second-order valence-corrected chi connectivity index (χ2v) is 9.53. The zero-order valence-corrected chi connectivity index (χ0v) is 19.2. The van der Waals surface area contributed by atoms with Crippen LogP contribution in [0.2, 0.25) is 0 Å². The third-order valence-corrected chi connectivity index (χ3v) is 6.87. The molecule has 0 radical (unpaired) electrons. The van der Waals surface area contributed by atoms with Crippen LogP contribution in [0.1, 0.15) is 12.6 Å². The number of aromatic nitrogens is 1. The summed E-state index contributed by atoms with van der Waals surface area (Å²) in [6, 6.07) is 9.93. The summed E-state index contributed by atoms with van der Waals surface area (Å²) in [4.78, 5) is 24.2. The van der Waals surface area contributed by atoms with Crippen molar-refractivity contribution in [1.29, 1.82) is 0 Å². The number of carbonyl (C=O) groups excluding carboxylic acids is 1. The SMILES string of the molecule is CC(=O)Nc1ccc(SC2=CN3C(=NCC3C3C=NNC3)C(Nc3cc(C)ns3)=N2)cc1. The average molecular weight is 467 g/mol. The lowest BCUT2D eigenvalue weighted by Crippen LogP contribution is -2.45. The van der Waals surface area contributed by atoms with Crippen LogP contribution in [-0.4, -0.2) is 52.2 Å². The van der Waals surface area contributed by atoms with Crippen molar-refractivity contribution >= 4 is 57.8 Å². The molecule has 9 nitrogen and oxygen atoms in total. The van der Waals surface area contributed by atoms with Crippen LogP contribution in [0, 0.1) is 12.8 Å². The van der Waals surface area contributed by atoms with Gasteiger partial charge in [-0.05, 0) is 48.8 Å². The van der Waals surface area contributed by atoms with Crippen molar-refractivity contribution in [2.24, 2.45) is 21.0 Å². The van der Waals surface area contributed by atoms with Crippen molar-refractivity contribution in [3.8, 4) is 0 Å². The van der Waals surface area contributed by atoms with Crippen LogP contribution in [0.4, 0.5) is 10.7 Å². The molecule has 164 valence electrons. The van der Waals surface area contributed by atoms with E-state index in [-0.39, 0.29) is 17.9 Å². The quantitative estimate of drug-likeness (QED) is 0.625. The van der Waals surface area contributed by atoms with Crippen LogP contribution in [0.3, 0.4) is 0 Å². The largest absolute Gasteiger partial charge is 0.328 e. The van der Waals surface area contributed by atoms with Gasteiger partial charge in [-0.25, -0.2) is 4.99 Å². The molecule has 3 N–H and O–H groups in total. The van der Waals surface area contributed by atoms with E-state index in [0.29, 0.717) is 6.54 Å². The van der Waals surface area contributed by atoms with Crippen molar-refractivity contribution in [2.75, 3.05) is 23.7 Å². The Kier molecular flexibility index (Phi) is 5.66. The molecule has 1 aromatic carbocycles. The Hall–Kier alpha value is -3.18. The van der Waals surface area contributed by atoms with Crippen molar-refractivity contribution in [1.82, 2.24) is 14.7 Å². The topological polar surface area (TPSA) is 106 Å². The van der Waals surface area contributed by atoms with Crippen LogP contribution in [0.25, 0.3) is 0 Å². The molecule has 1 aromatic heterocycles. The molecule has 2 atom stereocenters. The van der Waals surface area contributed by atoms with Crippen LogP contribution < -0.4 is 16.1 Å². The van der Waals surface area contributed by atoms with Gasteiger partial charge in [0.2, 0.25) is 5.91 Å². The number of hydrazone groups is 1. The first kappa shape index (κ1) is 20.7. The highest BCUT2D eigenvalue weighted by molar-refractivity contribution is 8.03. The summed E-state index contributed by atoms with van der Waals surface area (Å²) < 4.78 is 4.36. The molecule has 3 aliphatic rings.